The van der Waals surface area contributed by atoms with Gasteiger partial charge in [0.25, 0.3) is 0 Å². The Hall–Kier alpha value is -0.760. The summed E-state index contributed by atoms with van der Waals surface area (Å²) in [4.78, 5) is 22.8. The Labute approximate surface area is 360 Å². The average molecular weight is 843 g/mol. The third-order valence-corrected chi connectivity index (χ3v) is 12.6. The lowest BCUT2D eigenvalue weighted by Gasteiger charge is -2.25. The Kier molecular flexibility index (Phi) is 45.2. The number of carbonyl (C=O) groups excluding carboxylic acids is 1. The molecular formula is C49H99N2O6P. The first kappa shape index (κ1) is 57.2. The van der Waals surface area contributed by atoms with Gasteiger partial charge in [0.2, 0.25) is 5.91 Å². The van der Waals surface area contributed by atoms with Crippen molar-refractivity contribution in [2.45, 2.75) is 276 Å². The lowest BCUT2D eigenvalue weighted by molar-refractivity contribution is -0.123. The number of carbonyl (C=O) groups is 1. The van der Waals surface area contributed by atoms with Crippen molar-refractivity contribution in [3.8, 4) is 0 Å². The van der Waals surface area contributed by atoms with E-state index in [2.05, 4.69) is 31.3 Å². The molecule has 3 atom stereocenters. The van der Waals surface area contributed by atoms with E-state index in [4.69, 9.17) is 14.8 Å². The first-order chi connectivity index (χ1) is 28.4. The van der Waals surface area contributed by atoms with Crippen molar-refractivity contribution in [2.24, 2.45) is 5.73 Å². The molecule has 0 aromatic carbocycles. The van der Waals surface area contributed by atoms with Crippen molar-refractivity contribution in [2.75, 3.05) is 19.8 Å². The summed E-state index contributed by atoms with van der Waals surface area (Å²) in [5.41, 5.74) is 5.40. The zero-order valence-corrected chi connectivity index (χ0v) is 39.5. The van der Waals surface area contributed by atoms with E-state index >= 15 is 0 Å². The standard InChI is InChI=1S/C49H99N2O6P/c1-3-5-7-9-11-13-15-17-19-21-23-24-25-27-29-31-33-35-37-39-41-43-49(53)51-47(46-57-58(54,55)56-45-44-50)48(52)42-40-38-36-34-32-30-28-26-22-20-18-16-14-12-10-8-6-4-2/h21,23,47-48,52H,3-20,22,24-46,50H2,1-2H3,(H,51,53)(H,54,55)/b23-21-. The summed E-state index contributed by atoms with van der Waals surface area (Å²) in [6, 6.07) is -0.773. The molecule has 0 aliphatic rings. The summed E-state index contributed by atoms with van der Waals surface area (Å²) in [7, 11) is -4.32. The van der Waals surface area contributed by atoms with Gasteiger partial charge >= 0.3 is 7.82 Å². The molecule has 0 aromatic heterocycles. The Morgan fingerprint density at radius 1 is 0.552 bits per heavy atom. The van der Waals surface area contributed by atoms with Crippen molar-refractivity contribution in [3.05, 3.63) is 12.2 Å². The van der Waals surface area contributed by atoms with Crippen LogP contribution in [0.3, 0.4) is 0 Å². The predicted molar refractivity (Wildman–Crippen MR) is 249 cm³/mol. The van der Waals surface area contributed by atoms with Gasteiger partial charge in [-0.25, -0.2) is 4.57 Å². The number of hydrogen-bond acceptors (Lipinski definition) is 6. The van der Waals surface area contributed by atoms with Crippen LogP contribution in [-0.2, 0) is 18.4 Å². The van der Waals surface area contributed by atoms with Gasteiger partial charge in [-0.05, 0) is 38.5 Å². The first-order valence-corrected chi connectivity index (χ1v) is 26.8. The minimum absolute atomic E-state index is 0.0907. The predicted octanol–water partition coefficient (Wildman–Crippen LogP) is 14.7. The highest BCUT2D eigenvalue weighted by atomic mass is 31.2. The van der Waals surface area contributed by atoms with Gasteiger partial charge < -0.3 is 21.1 Å². The molecule has 0 bridgehead atoms. The topological polar surface area (TPSA) is 131 Å². The van der Waals surface area contributed by atoms with Crippen LogP contribution >= 0.6 is 7.82 Å². The SMILES string of the molecule is CCCCCCCCCC/C=C\CCCCCCCCCCCC(=O)NC(COP(=O)(O)OCCN)C(O)CCCCCCCCCCCCCCCCCCCC. The summed E-state index contributed by atoms with van der Waals surface area (Å²) in [5, 5.41) is 13.9. The average Bonchev–Trinajstić information content (AvgIpc) is 3.21. The van der Waals surface area contributed by atoms with Gasteiger partial charge in [0.1, 0.15) is 0 Å². The molecule has 346 valence electrons. The Balaban J connectivity index is 4.04. The molecule has 58 heavy (non-hydrogen) atoms. The van der Waals surface area contributed by atoms with Crippen molar-refractivity contribution in [1.82, 2.24) is 5.32 Å². The monoisotopic (exact) mass is 843 g/mol. The summed E-state index contributed by atoms with van der Waals surface area (Å²) in [5.74, 6) is -0.159. The molecule has 0 aliphatic heterocycles. The zero-order valence-electron chi connectivity index (χ0n) is 38.6. The van der Waals surface area contributed by atoms with Crippen LogP contribution in [0.5, 0.6) is 0 Å². The molecular weight excluding hydrogens is 744 g/mol. The second kappa shape index (κ2) is 45.8. The van der Waals surface area contributed by atoms with Crippen LogP contribution in [0.4, 0.5) is 0 Å². The highest BCUT2D eigenvalue weighted by molar-refractivity contribution is 7.47. The molecule has 0 rings (SSSR count). The van der Waals surface area contributed by atoms with Crippen molar-refractivity contribution in [3.63, 3.8) is 0 Å². The number of nitrogens with two attached hydrogens (primary N) is 1. The van der Waals surface area contributed by atoms with Crippen molar-refractivity contribution in [1.29, 1.82) is 0 Å². The van der Waals surface area contributed by atoms with E-state index in [0.29, 0.717) is 12.8 Å². The third kappa shape index (κ3) is 43.3. The first-order valence-electron chi connectivity index (χ1n) is 25.3. The van der Waals surface area contributed by atoms with Crippen LogP contribution in [0.25, 0.3) is 0 Å². The molecule has 0 radical (unpaired) electrons. The van der Waals surface area contributed by atoms with Crippen LogP contribution in [0, 0.1) is 0 Å². The molecule has 0 saturated carbocycles. The number of phosphoric acid groups is 1. The van der Waals surface area contributed by atoms with Gasteiger partial charge in [-0.1, -0.05) is 231 Å². The summed E-state index contributed by atoms with van der Waals surface area (Å²) >= 11 is 0. The number of nitrogens with one attached hydrogen (secondary N) is 1. The van der Waals surface area contributed by atoms with Crippen LogP contribution < -0.4 is 11.1 Å². The van der Waals surface area contributed by atoms with E-state index < -0.39 is 20.0 Å². The summed E-state index contributed by atoms with van der Waals surface area (Å²) < 4.78 is 22.3. The molecule has 0 heterocycles. The molecule has 8 nitrogen and oxygen atoms in total. The second-order valence-electron chi connectivity index (χ2n) is 17.4. The fraction of sp³-hybridized carbons (Fsp3) is 0.939. The number of aliphatic hydroxyl groups is 1. The largest absolute Gasteiger partial charge is 0.472 e. The number of aliphatic hydroxyl groups excluding tert-OH is 1. The number of hydrogen-bond donors (Lipinski definition) is 4. The molecule has 9 heteroatoms. The van der Waals surface area contributed by atoms with Gasteiger partial charge in [-0.3, -0.25) is 13.8 Å². The highest BCUT2D eigenvalue weighted by Crippen LogP contribution is 2.43. The molecule has 0 spiro atoms. The normalized spacial score (nSPS) is 13.9. The van der Waals surface area contributed by atoms with E-state index in [1.165, 1.54) is 199 Å². The second-order valence-corrected chi connectivity index (χ2v) is 18.8. The fourth-order valence-corrected chi connectivity index (χ4v) is 8.54. The van der Waals surface area contributed by atoms with Crippen LogP contribution in [0.15, 0.2) is 12.2 Å². The maximum Gasteiger partial charge on any atom is 0.472 e. The summed E-state index contributed by atoms with van der Waals surface area (Å²) in [6.07, 6.45) is 52.3. The fourth-order valence-electron chi connectivity index (χ4n) is 7.78. The Morgan fingerprint density at radius 3 is 1.28 bits per heavy atom. The maximum atomic E-state index is 12.8. The summed E-state index contributed by atoms with van der Waals surface area (Å²) in [6.45, 7) is 4.25. The van der Waals surface area contributed by atoms with Gasteiger partial charge in [-0.15, -0.1) is 0 Å². The number of amides is 1. The van der Waals surface area contributed by atoms with E-state index in [0.717, 1.165) is 38.5 Å². The van der Waals surface area contributed by atoms with Crippen LogP contribution in [0.2, 0.25) is 0 Å². The Morgan fingerprint density at radius 2 is 0.897 bits per heavy atom. The number of allylic oxidation sites excluding steroid dienone is 2. The lowest BCUT2D eigenvalue weighted by atomic mass is 10.0. The molecule has 3 unspecified atom stereocenters. The molecule has 0 saturated heterocycles. The number of rotatable bonds is 48. The van der Waals surface area contributed by atoms with Crippen LogP contribution in [-0.4, -0.2) is 47.8 Å². The van der Waals surface area contributed by atoms with Gasteiger partial charge in [0.15, 0.2) is 0 Å². The van der Waals surface area contributed by atoms with Crippen molar-refractivity contribution >= 4 is 13.7 Å². The smallest absolute Gasteiger partial charge is 0.391 e. The quantitative estimate of drug-likeness (QED) is 0.0272. The van der Waals surface area contributed by atoms with Gasteiger partial charge in [0, 0.05) is 13.0 Å². The van der Waals surface area contributed by atoms with E-state index in [9.17, 15) is 19.4 Å². The van der Waals surface area contributed by atoms with Crippen molar-refractivity contribution < 1.29 is 28.4 Å². The lowest BCUT2D eigenvalue weighted by Crippen LogP contribution is -2.46. The highest BCUT2D eigenvalue weighted by Gasteiger charge is 2.27. The minimum atomic E-state index is -4.32. The van der Waals surface area contributed by atoms with Crippen LogP contribution in [0.1, 0.15) is 264 Å². The molecule has 1 amide bonds. The van der Waals surface area contributed by atoms with E-state index in [1.54, 1.807) is 0 Å². The Bertz CT molecular complexity index is 922. The third-order valence-electron chi connectivity index (χ3n) is 11.6. The molecule has 0 fully saturated rings. The molecule has 5 N–H and O–H groups in total. The van der Waals surface area contributed by atoms with Gasteiger partial charge in [-0.2, -0.15) is 0 Å². The van der Waals surface area contributed by atoms with E-state index in [-0.39, 0.29) is 25.7 Å². The number of unbranched alkanes of at least 4 members (excludes halogenated alkanes) is 34. The van der Waals surface area contributed by atoms with Gasteiger partial charge in [0.05, 0.1) is 25.4 Å². The number of phosphoric ester groups is 1. The zero-order chi connectivity index (χ0) is 42.5. The van der Waals surface area contributed by atoms with E-state index in [1.807, 2.05) is 0 Å². The maximum absolute atomic E-state index is 12.8. The molecule has 0 aliphatic carbocycles. The molecule has 0 aromatic rings. The minimum Gasteiger partial charge on any atom is -0.391 e.